The summed E-state index contributed by atoms with van der Waals surface area (Å²) >= 11 is 5.83. The van der Waals surface area contributed by atoms with Crippen molar-refractivity contribution in [1.82, 2.24) is 5.16 Å². The fourth-order valence-corrected chi connectivity index (χ4v) is 2.83. The number of ether oxygens (including phenoxy) is 2. The van der Waals surface area contributed by atoms with E-state index in [0.717, 1.165) is 11.3 Å². The fourth-order valence-electron chi connectivity index (χ4n) is 2.71. The third kappa shape index (κ3) is 5.03. The molecule has 0 saturated carbocycles. The summed E-state index contributed by atoms with van der Waals surface area (Å²) in [6.07, 6.45) is -0.935. The molecule has 0 aliphatic carbocycles. The lowest BCUT2D eigenvalue weighted by Crippen LogP contribution is -2.24. The molecule has 6 nitrogen and oxygen atoms in total. The SMILES string of the molecule is Cc1noc(C)c1COc1cccc(C(=O)O[C@@H](C)C(=O)c2ccc(Cl)cc2)c1. The fraction of sp³-hybridized carbons (Fsp3) is 0.227. The third-order valence-electron chi connectivity index (χ3n) is 4.42. The van der Waals surface area contributed by atoms with Crippen LogP contribution in [0.25, 0.3) is 0 Å². The second kappa shape index (κ2) is 8.92. The van der Waals surface area contributed by atoms with Crippen LogP contribution in [0.1, 0.15) is 44.7 Å². The molecule has 3 rings (SSSR count). The van der Waals surface area contributed by atoms with E-state index in [9.17, 15) is 9.59 Å². The van der Waals surface area contributed by atoms with Crippen molar-refractivity contribution in [2.24, 2.45) is 0 Å². The number of aromatic nitrogens is 1. The zero-order valence-electron chi connectivity index (χ0n) is 16.3. The Morgan fingerprint density at radius 1 is 1.10 bits per heavy atom. The maximum atomic E-state index is 12.5. The van der Waals surface area contributed by atoms with Gasteiger partial charge in [-0.1, -0.05) is 22.8 Å². The molecule has 0 spiro atoms. The average molecular weight is 414 g/mol. The number of esters is 1. The van der Waals surface area contributed by atoms with Crippen molar-refractivity contribution in [2.75, 3.05) is 0 Å². The summed E-state index contributed by atoms with van der Waals surface area (Å²) in [5.74, 6) is 0.271. The number of halogens is 1. The van der Waals surface area contributed by atoms with E-state index in [1.54, 1.807) is 48.5 Å². The minimum Gasteiger partial charge on any atom is -0.489 e. The Morgan fingerprint density at radius 3 is 2.48 bits per heavy atom. The Balaban J connectivity index is 1.64. The maximum Gasteiger partial charge on any atom is 0.338 e. The lowest BCUT2D eigenvalue weighted by atomic mass is 10.1. The number of ketones is 1. The second-order valence-electron chi connectivity index (χ2n) is 6.54. The Hall–Kier alpha value is -3.12. The number of nitrogens with zero attached hydrogens (tertiary/aromatic N) is 1. The van der Waals surface area contributed by atoms with Gasteiger partial charge in [-0.05, 0) is 63.2 Å². The quantitative estimate of drug-likeness (QED) is 0.402. The Bertz CT molecular complexity index is 1010. The van der Waals surface area contributed by atoms with E-state index >= 15 is 0 Å². The summed E-state index contributed by atoms with van der Waals surface area (Å²) in [6, 6.07) is 13.0. The molecule has 29 heavy (non-hydrogen) atoms. The monoisotopic (exact) mass is 413 g/mol. The molecule has 0 saturated heterocycles. The minimum absolute atomic E-state index is 0.269. The highest BCUT2D eigenvalue weighted by Crippen LogP contribution is 2.20. The van der Waals surface area contributed by atoms with Gasteiger partial charge in [-0.3, -0.25) is 4.79 Å². The first-order valence-corrected chi connectivity index (χ1v) is 9.38. The van der Waals surface area contributed by atoms with Crippen LogP contribution in [0.2, 0.25) is 5.02 Å². The second-order valence-corrected chi connectivity index (χ2v) is 6.97. The molecular weight excluding hydrogens is 394 g/mol. The number of Topliss-reactive ketones (excluding diaryl/α,β-unsaturated/α-hetero) is 1. The van der Waals surface area contributed by atoms with Crippen molar-refractivity contribution >= 4 is 23.4 Å². The predicted octanol–water partition coefficient (Wildman–Crippen LogP) is 4.95. The average Bonchev–Trinajstić information content (AvgIpc) is 3.04. The highest BCUT2D eigenvalue weighted by molar-refractivity contribution is 6.30. The topological polar surface area (TPSA) is 78.6 Å². The van der Waals surface area contributed by atoms with Gasteiger partial charge in [0.15, 0.2) is 6.10 Å². The normalized spacial score (nSPS) is 11.7. The van der Waals surface area contributed by atoms with Crippen LogP contribution in [0.4, 0.5) is 0 Å². The molecule has 0 radical (unpaired) electrons. The van der Waals surface area contributed by atoms with Gasteiger partial charge in [-0.25, -0.2) is 4.79 Å². The van der Waals surface area contributed by atoms with E-state index in [2.05, 4.69) is 5.16 Å². The van der Waals surface area contributed by atoms with Gasteiger partial charge < -0.3 is 14.0 Å². The van der Waals surface area contributed by atoms with Gasteiger partial charge in [0, 0.05) is 10.6 Å². The van der Waals surface area contributed by atoms with Crippen LogP contribution in [0.3, 0.4) is 0 Å². The van der Waals surface area contributed by atoms with Gasteiger partial charge in [-0.15, -0.1) is 0 Å². The summed E-state index contributed by atoms with van der Waals surface area (Å²) in [5, 5.41) is 4.41. The number of rotatable bonds is 7. The van der Waals surface area contributed by atoms with Gasteiger partial charge in [0.25, 0.3) is 0 Å². The lowest BCUT2D eigenvalue weighted by molar-refractivity contribution is 0.0318. The van der Waals surface area contributed by atoms with Crippen LogP contribution in [-0.4, -0.2) is 23.0 Å². The number of carbonyl (C=O) groups is 2. The standard InChI is InChI=1S/C22H20ClNO5/c1-13-20(14(2)29-24-13)12-27-19-6-4-5-17(11-19)22(26)28-15(3)21(25)16-7-9-18(23)10-8-16/h4-11,15H,12H2,1-3H3/t15-/m0/s1. The van der Waals surface area contributed by atoms with Crippen LogP contribution in [-0.2, 0) is 11.3 Å². The van der Waals surface area contributed by atoms with E-state index < -0.39 is 12.1 Å². The number of hydrogen-bond acceptors (Lipinski definition) is 6. The van der Waals surface area contributed by atoms with Crippen molar-refractivity contribution in [1.29, 1.82) is 0 Å². The van der Waals surface area contributed by atoms with E-state index in [-0.39, 0.29) is 18.0 Å². The first-order chi connectivity index (χ1) is 13.8. The molecule has 2 aromatic carbocycles. The molecule has 0 fully saturated rings. The molecule has 7 heteroatoms. The Labute approximate surface area is 173 Å². The summed E-state index contributed by atoms with van der Waals surface area (Å²) in [6.45, 7) is 5.45. The van der Waals surface area contributed by atoms with E-state index in [1.807, 2.05) is 13.8 Å². The molecule has 0 N–H and O–H groups in total. The highest BCUT2D eigenvalue weighted by atomic mass is 35.5. The van der Waals surface area contributed by atoms with Crippen LogP contribution >= 0.6 is 11.6 Å². The molecule has 3 aromatic rings. The van der Waals surface area contributed by atoms with Crippen molar-refractivity contribution in [3.05, 3.63) is 81.7 Å². The number of carbonyl (C=O) groups excluding carboxylic acids is 2. The molecule has 1 heterocycles. The summed E-state index contributed by atoms with van der Waals surface area (Å²) < 4.78 is 16.2. The van der Waals surface area contributed by atoms with Gasteiger partial charge in [-0.2, -0.15) is 0 Å². The van der Waals surface area contributed by atoms with Crippen LogP contribution in [0, 0.1) is 13.8 Å². The molecule has 0 aliphatic rings. The molecule has 1 aromatic heterocycles. The zero-order chi connectivity index (χ0) is 21.0. The smallest absolute Gasteiger partial charge is 0.338 e. The van der Waals surface area contributed by atoms with E-state index in [1.165, 1.54) is 6.92 Å². The summed E-state index contributed by atoms with van der Waals surface area (Å²) in [4.78, 5) is 24.9. The molecule has 0 bridgehead atoms. The minimum atomic E-state index is -0.935. The molecule has 150 valence electrons. The van der Waals surface area contributed by atoms with Crippen LogP contribution < -0.4 is 4.74 Å². The largest absolute Gasteiger partial charge is 0.489 e. The summed E-state index contributed by atoms with van der Waals surface area (Å²) in [7, 11) is 0. The van der Waals surface area contributed by atoms with Crippen molar-refractivity contribution < 1.29 is 23.6 Å². The van der Waals surface area contributed by atoms with Crippen LogP contribution in [0.15, 0.2) is 53.1 Å². The van der Waals surface area contributed by atoms with Gasteiger partial charge in [0.05, 0.1) is 16.8 Å². The lowest BCUT2D eigenvalue weighted by Gasteiger charge is -2.13. The van der Waals surface area contributed by atoms with Crippen molar-refractivity contribution in [3.8, 4) is 5.75 Å². The van der Waals surface area contributed by atoms with E-state index in [0.29, 0.717) is 22.1 Å². The predicted molar refractivity (Wildman–Crippen MR) is 107 cm³/mol. The highest BCUT2D eigenvalue weighted by Gasteiger charge is 2.21. The summed E-state index contributed by atoms with van der Waals surface area (Å²) in [5.41, 5.74) is 2.33. The molecule has 0 unspecified atom stereocenters. The first kappa shape index (κ1) is 20.6. The first-order valence-electron chi connectivity index (χ1n) is 9.00. The number of benzene rings is 2. The number of aryl methyl sites for hydroxylation is 2. The van der Waals surface area contributed by atoms with Gasteiger partial charge in [0.1, 0.15) is 18.1 Å². The van der Waals surface area contributed by atoms with E-state index in [4.69, 9.17) is 25.6 Å². The Morgan fingerprint density at radius 2 is 1.83 bits per heavy atom. The Kier molecular flexibility index (Phi) is 6.34. The van der Waals surface area contributed by atoms with Crippen LogP contribution in [0.5, 0.6) is 5.75 Å². The zero-order valence-corrected chi connectivity index (χ0v) is 17.0. The van der Waals surface area contributed by atoms with Gasteiger partial charge in [0.2, 0.25) is 5.78 Å². The molecule has 0 aliphatic heterocycles. The van der Waals surface area contributed by atoms with Crippen molar-refractivity contribution in [2.45, 2.75) is 33.5 Å². The maximum absolute atomic E-state index is 12.5. The molecule has 1 atom stereocenters. The molecule has 0 amide bonds. The molecular formula is C22H20ClNO5. The van der Waals surface area contributed by atoms with Gasteiger partial charge >= 0.3 is 5.97 Å². The third-order valence-corrected chi connectivity index (χ3v) is 4.67. The van der Waals surface area contributed by atoms with Crippen molar-refractivity contribution in [3.63, 3.8) is 0 Å². The number of hydrogen-bond donors (Lipinski definition) is 0.